The smallest absolute Gasteiger partial charge is 0.261 e. The van der Waals surface area contributed by atoms with Crippen LogP contribution in [0.4, 0.5) is 0 Å². The van der Waals surface area contributed by atoms with Gasteiger partial charge in [0.05, 0.1) is 18.7 Å². The largest absolute Gasteiger partial charge is 0.493 e. The van der Waals surface area contributed by atoms with Gasteiger partial charge in [-0.15, -0.1) is 0 Å². The lowest BCUT2D eigenvalue weighted by molar-refractivity contribution is -0.135. The van der Waals surface area contributed by atoms with E-state index in [-0.39, 0.29) is 18.6 Å². The predicted molar refractivity (Wildman–Crippen MR) is 100 cm³/mol. The lowest BCUT2D eigenvalue weighted by Gasteiger charge is -2.27. The zero-order valence-corrected chi connectivity index (χ0v) is 15.7. The van der Waals surface area contributed by atoms with Gasteiger partial charge in [-0.3, -0.25) is 4.79 Å². The zero-order chi connectivity index (χ0) is 19.1. The minimum absolute atomic E-state index is 0.0293. The monoisotopic (exact) mass is 352 g/mol. The molecule has 1 amide bonds. The van der Waals surface area contributed by atoms with Crippen LogP contribution in [0.2, 0.25) is 0 Å². The third kappa shape index (κ3) is 5.00. The molecule has 0 atom stereocenters. The number of amides is 1. The van der Waals surface area contributed by atoms with Crippen molar-refractivity contribution in [3.8, 4) is 17.6 Å². The van der Waals surface area contributed by atoms with Gasteiger partial charge in [-0.2, -0.15) is 5.26 Å². The van der Waals surface area contributed by atoms with Crippen molar-refractivity contribution in [1.29, 1.82) is 5.26 Å². The van der Waals surface area contributed by atoms with E-state index in [9.17, 15) is 4.79 Å². The number of carbonyl (C=O) groups excluding carboxylic acids is 1. The second-order valence-corrected chi connectivity index (χ2v) is 6.37. The topological polar surface area (TPSA) is 62.6 Å². The number of hydrogen-bond donors (Lipinski definition) is 0. The average Bonchev–Trinajstić information content (AvgIpc) is 2.64. The van der Waals surface area contributed by atoms with Crippen LogP contribution in [0.3, 0.4) is 0 Å². The van der Waals surface area contributed by atoms with Gasteiger partial charge in [0.25, 0.3) is 5.91 Å². The lowest BCUT2D eigenvalue weighted by atomic mass is 10.1. The molecule has 0 aliphatic carbocycles. The average molecular weight is 352 g/mol. The summed E-state index contributed by atoms with van der Waals surface area (Å²) in [6.07, 6.45) is 0. The van der Waals surface area contributed by atoms with E-state index in [2.05, 4.69) is 6.07 Å². The highest BCUT2D eigenvalue weighted by Gasteiger charge is 2.18. The van der Waals surface area contributed by atoms with Crippen LogP contribution in [0.1, 0.15) is 30.5 Å². The Kier molecular flexibility index (Phi) is 6.62. The molecule has 0 saturated carbocycles. The summed E-state index contributed by atoms with van der Waals surface area (Å²) in [5.41, 5.74) is 2.63. The molecule has 0 bridgehead atoms. The van der Waals surface area contributed by atoms with Crippen molar-refractivity contribution in [1.82, 2.24) is 4.90 Å². The third-order valence-electron chi connectivity index (χ3n) is 4.05. The highest BCUT2D eigenvalue weighted by molar-refractivity contribution is 5.78. The number of hydrogen-bond acceptors (Lipinski definition) is 4. The number of nitrogens with zero attached hydrogens (tertiary/aromatic N) is 2. The Labute approximate surface area is 154 Å². The summed E-state index contributed by atoms with van der Waals surface area (Å²) in [4.78, 5) is 14.4. The number of carbonyl (C=O) groups is 1. The molecule has 2 aromatic rings. The van der Waals surface area contributed by atoms with E-state index < -0.39 is 0 Å². The zero-order valence-electron chi connectivity index (χ0n) is 15.7. The van der Waals surface area contributed by atoms with Crippen LogP contribution in [0.15, 0.2) is 42.5 Å². The number of aryl methyl sites for hydroxylation is 1. The van der Waals surface area contributed by atoms with Gasteiger partial charge in [-0.25, -0.2) is 0 Å². The summed E-state index contributed by atoms with van der Waals surface area (Å²) in [7, 11) is 1.58. The minimum atomic E-state index is -0.105. The molecular weight excluding hydrogens is 328 g/mol. The molecule has 2 rings (SSSR count). The molecule has 0 fully saturated rings. The van der Waals surface area contributed by atoms with E-state index in [1.165, 1.54) is 0 Å². The molecule has 0 heterocycles. The first kappa shape index (κ1) is 19.3. The molecule has 0 aliphatic rings. The van der Waals surface area contributed by atoms with Crippen LogP contribution in [0.25, 0.3) is 0 Å². The normalized spacial score (nSPS) is 10.3. The molecule has 26 heavy (non-hydrogen) atoms. The molecule has 0 N–H and O–H groups in total. The Morgan fingerprint density at radius 1 is 1.15 bits per heavy atom. The molecule has 0 aliphatic heterocycles. The number of ether oxygens (including phenoxy) is 2. The number of methoxy groups -OCH3 is 1. The van der Waals surface area contributed by atoms with E-state index in [0.29, 0.717) is 23.6 Å². The van der Waals surface area contributed by atoms with Crippen LogP contribution in [0, 0.1) is 18.3 Å². The van der Waals surface area contributed by atoms with Crippen molar-refractivity contribution in [2.75, 3.05) is 13.7 Å². The van der Waals surface area contributed by atoms with E-state index in [1.54, 1.807) is 24.1 Å². The molecule has 0 aromatic heterocycles. The summed E-state index contributed by atoms with van der Waals surface area (Å²) < 4.78 is 11.0. The minimum Gasteiger partial charge on any atom is -0.493 e. The van der Waals surface area contributed by atoms with E-state index in [4.69, 9.17) is 14.7 Å². The quantitative estimate of drug-likeness (QED) is 0.762. The fraction of sp³-hybridized carbons (Fsp3) is 0.333. The van der Waals surface area contributed by atoms with Gasteiger partial charge >= 0.3 is 0 Å². The summed E-state index contributed by atoms with van der Waals surface area (Å²) in [6.45, 7) is 6.31. The first-order chi connectivity index (χ1) is 12.4. The van der Waals surface area contributed by atoms with Crippen LogP contribution in [-0.4, -0.2) is 30.6 Å². The SMILES string of the molecule is COc1cc(C)ccc1OCC(=O)N(Cc1ccc(C#N)cc1)C(C)C. The summed E-state index contributed by atoms with van der Waals surface area (Å²) in [5.74, 6) is 1.06. The molecule has 0 radical (unpaired) electrons. The van der Waals surface area contributed by atoms with Crippen LogP contribution in [-0.2, 0) is 11.3 Å². The van der Waals surface area contributed by atoms with Crippen molar-refractivity contribution in [3.05, 3.63) is 59.2 Å². The first-order valence-electron chi connectivity index (χ1n) is 8.50. The van der Waals surface area contributed by atoms with Gasteiger partial charge in [0.1, 0.15) is 0 Å². The van der Waals surface area contributed by atoms with Gasteiger partial charge in [0, 0.05) is 12.6 Å². The summed E-state index contributed by atoms with van der Waals surface area (Å²) in [5, 5.41) is 8.88. The van der Waals surface area contributed by atoms with Crippen LogP contribution >= 0.6 is 0 Å². The number of nitriles is 1. The fourth-order valence-electron chi connectivity index (χ4n) is 2.56. The molecule has 5 heteroatoms. The van der Waals surface area contributed by atoms with Crippen molar-refractivity contribution >= 4 is 5.91 Å². The Hall–Kier alpha value is -3.00. The third-order valence-corrected chi connectivity index (χ3v) is 4.05. The molecule has 136 valence electrons. The van der Waals surface area contributed by atoms with Gasteiger partial charge in [0.2, 0.25) is 0 Å². The van der Waals surface area contributed by atoms with Crippen molar-refractivity contribution < 1.29 is 14.3 Å². The van der Waals surface area contributed by atoms with E-state index >= 15 is 0 Å². The Morgan fingerprint density at radius 3 is 2.42 bits per heavy atom. The Morgan fingerprint density at radius 2 is 1.85 bits per heavy atom. The van der Waals surface area contributed by atoms with Crippen molar-refractivity contribution in [2.45, 2.75) is 33.4 Å². The molecule has 5 nitrogen and oxygen atoms in total. The lowest BCUT2D eigenvalue weighted by Crippen LogP contribution is -2.39. The Balaban J connectivity index is 2.05. The molecule has 0 unspecified atom stereocenters. The van der Waals surface area contributed by atoms with Crippen molar-refractivity contribution in [3.63, 3.8) is 0 Å². The number of benzene rings is 2. The maximum Gasteiger partial charge on any atom is 0.261 e. The second kappa shape index (κ2) is 8.91. The fourth-order valence-corrected chi connectivity index (χ4v) is 2.56. The van der Waals surface area contributed by atoms with Gasteiger partial charge < -0.3 is 14.4 Å². The van der Waals surface area contributed by atoms with Gasteiger partial charge in [0.15, 0.2) is 18.1 Å². The number of rotatable bonds is 7. The molecule has 2 aromatic carbocycles. The highest BCUT2D eigenvalue weighted by atomic mass is 16.5. The van der Waals surface area contributed by atoms with Gasteiger partial charge in [-0.05, 0) is 56.2 Å². The van der Waals surface area contributed by atoms with Crippen LogP contribution in [0.5, 0.6) is 11.5 Å². The molecule has 0 spiro atoms. The molecule has 0 saturated heterocycles. The maximum absolute atomic E-state index is 12.7. The Bertz CT molecular complexity index is 792. The van der Waals surface area contributed by atoms with E-state index in [1.807, 2.05) is 51.1 Å². The predicted octanol–water partition coefficient (Wildman–Crippen LogP) is 3.69. The first-order valence-corrected chi connectivity index (χ1v) is 8.50. The molecular formula is C21H24N2O3. The standard InChI is InChI=1S/C21H24N2O3/c1-15(2)23(13-18-8-6-17(12-22)7-9-18)21(24)14-26-19-10-5-16(3)11-20(19)25-4/h5-11,15H,13-14H2,1-4H3. The van der Waals surface area contributed by atoms with Crippen molar-refractivity contribution in [2.24, 2.45) is 0 Å². The highest BCUT2D eigenvalue weighted by Crippen LogP contribution is 2.27. The second-order valence-electron chi connectivity index (χ2n) is 6.37. The maximum atomic E-state index is 12.7. The van der Waals surface area contributed by atoms with Gasteiger partial charge in [-0.1, -0.05) is 18.2 Å². The summed E-state index contributed by atoms with van der Waals surface area (Å²) in [6, 6.07) is 15.0. The summed E-state index contributed by atoms with van der Waals surface area (Å²) >= 11 is 0. The van der Waals surface area contributed by atoms with E-state index in [0.717, 1.165) is 11.1 Å². The van der Waals surface area contributed by atoms with Crippen LogP contribution < -0.4 is 9.47 Å².